The molecular formula is C9H15ClN2. The first-order chi connectivity index (χ1) is 5.11. The van der Waals surface area contributed by atoms with Gasteiger partial charge in [-0.25, -0.2) is 0 Å². The Balaban J connectivity index is 0.00000121. The van der Waals surface area contributed by atoms with E-state index in [1.807, 2.05) is 32.0 Å². The SMILES string of the molecule is Cc1ccc(C(C)N)cc1N.Cl. The maximum Gasteiger partial charge on any atom is 0.0347 e. The van der Waals surface area contributed by atoms with Crippen molar-refractivity contribution in [2.24, 2.45) is 5.73 Å². The number of anilines is 1. The average molecular weight is 187 g/mol. The minimum atomic E-state index is 0. The molecule has 2 nitrogen and oxygen atoms in total. The molecule has 0 saturated carbocycles. The van der Waals surface area contributed by atoms with Gasteiger partial charge in [-0.2, -0.15) is 0 Å². The van der Waals surface area contributed by atoms with E-state index in [0.717, 1.165) is 16.8 Å². The van der Waals surface area contributed by atoms with Crippen LogP contribution in [0.4, 0.5) is 5.69 Å². The van der Waals surface area contributed by atoms with Gasteiger partial charge in [0.1, 0.15) is 0 Å². The van der Waals surface area contributed by atoms with Gasteiger partial charge in [0.25, 0.3) is 0 Å². The Labute approximate surface area is 79.4 Å². The van der Waals surface area contributed by atoms with Crippen LogP contribution in [-0.4, -0.2) is 0 Å². The molecule has 1 atom stereocenters. The minimum absolute atomic E-state index is 0. The molecule has 68 valence electrons. The van der Waals surface area contributed by atoms with E-state index < -0.39 is 0 Å². The normalized spacial score (nSPS) is 11.9. The standard InChI is InChI=1S/C9H14N2.ClH/c1-6-3-4-8(7(2)10)5-9(6)11;/h3-5,7H,10-11H2,1-2H3;1H. The van der Waals surface area contributed by atoms with E-state index in [4.69, 9.17) is 11.5 Å². The van der Waals surface area contributed by atoms with Crippen LogP contribution in [0.1, 0.15) is 24.1 Å². The molecule has 1 rings (SSSR count). The van der Waals surface area contributed by atoms with Crippen LogP contribution < -0.4 is 11.5 Å². The predicted molar refractivity (Wildman–Crippen MR) is 55.4 cm³/mol. The first-order valence-electron chi connectivity index (χ1n) is 3.73. The lowest BCUT2D eigenvalue weighted by Crippen LogP contribution is -2.05. The maximum absolute atomic E-state index is 5.70. The number of aryl methyl sites for hydroxylation is 1. The van der Waals surface area contributed by atoms with Gasteiger partial charge in [-0.15, -0.1) is 12.4 Å². The molecule has 0 aliphatic carbocycles. The van der Waals surface area contributed by atoms with Gasteiger partial charge in [0.2, 0.25) is 0 Å². The number of hydrogen-bond acceptors (Lipinski definition) is 2. The molecule has 0 saturated heterocycles. The molecular weight excluding hydrogens is 172 g/mol. The van der Waals surface area contributed by atoms with Crippen molar-refractivity contribution in [2.75, 3.05) is 5.73 Å². The highest BCUT2D eigenvalue weighted by atomic mass is 35.5. The maximum atomic E-state index is 5.70. The van der Waals surface area contributed by atoms with Gasteiger partial charge in [-0.3, -0.25) is 0 Å². The number of hydrogen-bond donors (Lipinski definition) is 2. The first kappa shape index (κ1) is 11.3. The fourth-order valence-electron chi connectivity index (χ4n) is 0.942. The summed E-state index contributed by atoms with van der Waals surface area (Å²) in [5.74, 6) is 0. The second-order valence-corrected chi connectivity index (χ2v) is 2.90. The van der Waals surface area contributed by atoms with Crippen molar-refractivity contribution in [3.63, 3.8) is 0 Å². The molecule has 1 unspecified atom stereocenters. The summed E-state index contributed by atoms with van der Waals surface area (Å²) in [5, 5.41) is 0. The van der Waals surface area contributed by atoms with Crippen molar-refractivity contribution in [1.82, 2.24) is 0 Å². The Hall–Kier alpha value is -0.730. The topological polar surface area (TPSA) is 52.0 Å². The van der Waals surface area contributed by atoms with Gasteiger partial charge < -0.3 is 11.5 Å². The summed E-state index contributed by atoms with van der Waals surface area (Å²) in [6.07, 6.45) is 0. The van der Waals surface area contributed by atoms with Crippen LogP contribution in [0.5, 0.6) is 0 Å². The van der Waals surface area contributed by atoms with Crippen molar-refractivity contribution in [1.29, 1.82) is 0 Å². The van der Waals surface area contributed by atoms with Gasteiger partial charge in [-0.1, -0.05) is 12.1 Å². The molecule has 3 heteroatoms. The largest absolute Gasteiger partial charge is 0.399 e. The molecule has 0 aromatic heterocycles. The molecule has 12 heavy (non-hydrogen) atoms. The lowest BCUT2D eigenvalue weighted by atomic mass is 10.1. The minimum Gasteiger partial charge on any atom is -0.399 e. The van der Waals surface area contributed by atoms with E-state index in [1.54, 1.807) is 0 Å². The molecule has 0 amide bonds. The van der Waals surface area contributed by atoms with E-state index in [9.17, 15) is 0 Å². The van der Waals surface area contributed by atoms with E-state index in [1.165, 1.54) is 0 Å². The van der Waals surface area contributed by atoms with Crippen LogP contribution in [0.3, 0.4) is 0 Å². The molecule has 0 aliphatic heterocycles. The molecule has 1 aromatic carbocycles. The molecule has 0 bridgehead atoms. The molecule has 0 fully saturated rings. The van der Waals surface area contributed by atoms with Crippen molar-refractivity contribution < 1.29 is 0 Å². The summed E-state index contributed by atoms with van der Waals surface area (Å²) < 4.78 is 0. The van der Waals surface area contributed by atoms with Crippen molar-refractivity contribution >= 4 is 18.1 Å². The molecule has 1 aromatic rings. The van der Waals surface area contributed by atoms with Crippen molar-refractivity contribution in [3.8, 4) is 0 Å². The highest BCUT2D eigenvalue weighted by Gasteiger charge is 1.99. The highest BCUT2D eigenvalue weighted by molar-refractivity contribution is 5.85. The molecule has 0 spiro atoms. The van der Waals surface area contributed by atoms with E-state index in [0.29, 0.717) is 0 Å². The predicted octanol–water partition coefficient (Wildman–Crippen LogP) is 2.02. The Morgan fingerprint density at radius 3 is 2.33 bits per heavy atom. The van der Waals surface area contributed by atoms with Crippen LogP contribution in [0, 0.1) is 6.92 Å². The fourth-order valence-corrected chi connectivity index (χ4v) is 0.942. The summed E-state index contributed by atoms with van der Waals surface area (Å²) in [6.45, 7) is 3.93. The van der Waals surface area contributed by atoms with E-state index >= 15 is 0 Å². The fraction of sp³-hybridized carbons (Fsp3) is 0.333. The highest BCUT2D eigenvalue weighted by Crippen LogP contribution is 2.16. The number of nitrogens with two attached hydrogens (primary N) is 2. The van der Waals surface area contributed by atoms with Gasteiger partial charge in [0, 0.05) is 11.7 Å². The number of halogens is 1. The Kier molecular flexibility index (Phi) is 4.07. The van der Waals surface area contributed by atoms with E-state index in [2.05, 4.69) is 0 Å². The summed E-state index contributed by atoms with van der Waals surface area (Å²) in [7, 11) is 0. The van der Waals surface area contributed by atoms with Crippen LogP contribution >= 0.6 is 12.4 Å². The Bertz CT molecular complexity index is 259. The smallest absolute Gasteiger partial charge is 0.0347 e. The summed E-state index contributed by atoms with van der Waals surface area (Å²) >= 11 is 0. The van der Waals surface area contributed by atoms with Crippen LogP contribution in [-0.2, 0) is 0 Å². The molecule has 0 aliphatic rings. The zero-order chi connectivity index (χ0) is 8.43. The second-order valence-electron chi connectivity index (χ2n) is 2.90. The summed E-state index contributed by atoms with van der Waals surface area (Å²) in [5.41, 5.74) is 14.4. The number of benzene rings is 1. The monoisotopic (exact) mass is 186 g/mol. The number of rotatable bonds is 1. The quantitative estimate of drug-likeness (QED) is 0.660. The third-order valence-electron chi connectivity index (χ3n) is 1.83. The Morgan fingerprint density at radius 1 is 1.33 bits per heavy atom. The van der Waals surface area contributed by atoms with Crippen LogP contribution in [0.25, 0.3) is 0 Å². The zero-order valence-corrected chi connectivity index (χ0v) is 8.19. The van der Waals surface area contributed by atoms with Crippen LogP contribution in [0.15, 0.2) is 18.2 Å². The second kappa shape index (κ2) is 4.33. The van der Waals surface area contributed by atoms with Gasteiger partial charge in [0.05, 0.1) is 0 Å². The van der Waals surface area contributed by atoms with Gasteiger partial charge in [0.15, 0.2) is 0 Å². The van der Waals surface area contributed by atoms with Crippen molar-refractivity contribution in [2.45, 2.75) is 19.9 Å². The van der Waals surface area contributed by atoms with Gasteiger partial charge in [-0.05, 0) is 31.0 Å². The third kappa shape index (κ3) is 2.40. The molecule has 0 radical (unpaired) electrons. The summed E-state index contributed by atoms with van der Waals surface area (Å²) in [4.78, 5) is 0. The lowest BCUT2D eigenvalue weighted by molar-refractivity contribution is 0.818. The zero-order valence-electron chi connectivity index (χ0n) is 7.37. The van der Waals surface area contributed by atoms with E-state index in [-0.39, 0.29) is 18.4 Å². The van der Waals surface area contributed by atoms with Crippen molar-refractivity contribution in [3.05, 3.63) is 29.3 Å². The number of nitrogen functional groups attached to an aromatic ring is 1. The Morgan fingerprint density at radius 2 is 1.92 bits per heavy atom. The third-order valence-corrected chi connectivity index (χ3v) is 1.83. The lowest BCUT2D eigenvalue weighted by Gasteiger charge is -2.07. The molecule has 4 N–H and O–H groups in total. The van der Waals surface area contributed by atoms with Crippen LogP contribution in [0.2, 0.25) is 0 Å². The average Bonchev–Trinajstić information content (AvgIpc) is 1.94. The molecule has 0 heterocycles. The van der Waals surface area contributed by atoms with Gasteiger partial charge >= 0.3 is 0 Å². The summed E-state index contributed by atoms with van der Waals surface area (Å²) in [6, 6.07) is 6.00. The first-order valence-corrected chi connectivity index (χ1v) is 3.73.